The summed E-state index contributed by atoms with van der Waals surface area (Å²) in [4.78, 5) is 2.10. The third kappa shape index (κ3) is 3.55. The van der Waals surface area contributed by atoms with Crippen molar-refractivity contribution in [3.05, 3.63) is 53.1 Å². The summed E-state index contributed by atoms with van der Waals surface area (Å²) in [7, 11) is 3.64. The minimum absolute atomic E-state index is 0.687. The lowest BCUT2D eigenvalue weighted by molar-refractivity contribution is 0.415. The molecular formula is C15H17ClN2O. The van der Waals surface area contributed by atoms with Crippen molar-refractivity contribution >= 4 is 23.0 Å². The summed E-state index contributed by atoms with van der Waals surface area (Å²) in [6.07, 6.45) is 0. The number of anilines is 2. The molecule has 0 spiro atoms. The smallest absolute Gasteiger partial charge is 0.122 e. The number of nitrogens with two attached hydrogens (primary N) is 1. The predicted molar refractivity (Wildman–Crippen MR) is 81.0 cm³/mol. The van der Waals surface area contributed by atoms with Crippen molar-refractivity contribution in [2.75, 3.05) is 24.8 Å². The van der Waals surface area contributed by atoms with Crippen LogP contribution in [0.3, 0.4) is 0 Å². The monoisotopic (exact) mass is 276 g/mol. The number of hydrogen-bond donors (Lipinski definition) is 1. The molecule has 0 saturated heterocycles. The number of rotatable bonds is 4. The second kappa shape index (κ2) is 5.85. The van der Waals surface area contributed by atoms with Gasteiger partial charge in [0, 0.05) is 42.1 Å². The molecule has 0 atom stereocenters. The first-order valence-electron chi connectivity index (χ1n) is 5.98. The standard InChI is InChI=1S/C15H17ClN2O/c1-18(10-11-4-3-5-12(16)6-11)14-7-13(17)8-15(9-14)19-2/h3-9H,10,17H2,1-2H3. The molecule has 2 aromatic carbocycles. The van der Waals surface area contributed by atoms with Gasteiger partial charge in [0.25, 0.3) is 0 Å². The fraction of sp³-hybridized carbons (Fsp3) is 0.200. The second-order valence-corrected chi connectivity index (χ2v) is 4.89. The molecule has 2 aromatic rings. The van der Waals surface area contributed by atoms with E-state index in [0.717, 1.165) is 28.6 Å². The van der Waals surface area contributed by atoms with Crippen molar-refractivity contribution in [1.29, 1.82) is 0 Å². The molecule has 0 heterocycles. The topological polar surface area (TPSA) is 38.5 Å². The largest absolute Gasteiger partial charge is 0.497 e. The van der Waals surface area contributed by atoms with Crippen LogP contribution in [0.5, 0.6) is 5.75 Å². The number of methoxy groups -OCH3 is 1. The highest BCUT2D eigenvalue weighted by molar-refractivity contribution is 6.30. The van der Waals surface area contributed by atoms with Crippen molar-refractivity contribution in [2.24, 2.45) is 0 Å². The van der Waals surface area contributed by atoms with Gasteiger partial charge in [-0.2, -0.15) is 0 Å². The van der Waals surface area contributed by atoms with E-state index in [1.165, 1.54) is 0 Å². The first-order chi connectivity index (χ1) is 9.08. The molecule has 100 valence electrons. The maximum Gasteiger partial charge on any atom is 0.122 e. The van der Waals surface area contributed by atoms with E-state index in [2.05, 4.69) is 4.90 Å². The summed E-state index contributed by atoms with van der Waals surface area (Å²) in [5.41, 5.74) is 8.71. The van der Waals surface area contributed by atoms with Crippen LogP contribution in [0.4, 0.5) is 11.4 Å². The van der Waals surface area contributed by atoms with Gasteiger partial charge in [0.1, 0.15) is 5.75 Å². The van der Waals surface area contributed by atoms with Gasteiger partial charge in [-0.05, 0) is 23.8 Å². The van der Waals surface area contributed by atoms with Crippen LogP contribution in [-0.2, 0) is 6.54 Å². The molecule has 0 fully saturated rings. The van der Waals surface area contributed by atoms with Crippen LogP contribution >= 0.6 is 11.6 Å². The Bertz CT molecular complexity index is 572. The Morgan fingerprint density at radius 1 is 1.21 bits per heavy atom. The van der Waals surface area contributed by atoms with E-state index in [4.69, 9.17) is 22.1 Å². The number of ether oxygens (including phenoxy) is 1. The Balaban J connectivity index is 2.20. The summed E-state index contributed by atoms with van der Waals surface area (Å²) in [6, 6.07) is 13.5. The molecule has 19 heavy (non-hydrogen) atoms. The molecule has 4 heteroatoms. The fourth-order valence-electron chi connectivity index (χ4n) is 1.94. The van der Waals surface area contributed by atoms with Gasteiger partial charge in [-0.1, -0.05) is 23.7 Å². The SMILES string of the molecule is COc1cc(N)cc(N(C)Cc2cccc(Cl)c2)c1. The van der Waals surface area contributed by atoms with Gasteiger partial charge < -0.3 is 15.4 Å². The van der Waals surface area contributed by atoms with Crippen molar-refractivity contribution in [3.63, 3.8) is 0 Å². The van der Waals surface area contributed by atoms with Crippen LogP contribution in [0.1, 0.15) is 5.56 Å². The third-order valence-electron chi connectivity index (χ3n) is 2.90. The average Bonchev–Trinajstić information content (AvgIpc) is 2.38. The molecule has 2 rings (SSSR count). The average molecular weight is 277 g/mol. The van der Waals surface area contributed by atoms with E-state index >= 15 is 0 Å². The molecule has 0 amide bonds. The van der Waals surface area contributed by atoms with Crippen LogP contribution in [0.15, 0.2) is 42.5 Å². The van der Waals surface area contributed by atoms with E-state index in [1.54, 1.807) is 13.2 Å². The zero-order valence-corrected chi connectivity index (χ0v) is 11.8. The highest BCUT2D eigenvalue weighted by Crippen LogP contribution is 2.26. The predicted octanol–water partition coefficient (Wildman–Crippen LogP) is 3.57. The van der Waals surface area contributed by atoms with Gasteiger partial charge >= 0.3 is 0 Å². The quantitative estimate of drug-likeness (QED) is 0.868. The zero-order valence-electron chi connectivity index (χ0n) is 11.1. The Hall–Kier alpha value is -1.87. The van der Waals surface area contributed by atoms with Gasteiger partial charge in [-0.15, -0.1) is 0 Å². The number of benzene rings is 2. The molecule has 3 nitrogen and oxygen atoms in total. The van der Waals surface area contributed by atoms with Gasteiger partial charge in [-0.3, -0.25) is 0 Å². The lowest BCUT2D eigenvalue weighted by atomic mass is 10.2. The minimum Gasteiger partial charge on any atom is -0.497 e. The molecule has 0 aliphatic carbocycles. The number of hydrogen-bond acceptors (Lipinski definition) is 3. The maximum absolute atomic E-state index is 5.99. The summed E-state index contributed by atoms with van der Waals surface area (Å²) >= 11 is 5.99. The van der Waals surface area contributed by atoms with Crippen LogP contribution in [0.2, 0.25) is 5.02 Å². The molecule has 0 aliphatic heterocycles. The highest BCUT2D eigenvalue weighted by Gasteiger charge is 2.05. The van der Waals surface area contributed by atoms with Gasteiger partial charge in [-0.25, -0.2) is 0 Å². The van der Waals surface area contributed by atoms with E-state index in [9.17, 15) is 0 Å². The Labute approximate surface area is 118 Å². The van der Waals surface area contributed by atoms with Gasteiger partial charge in [0.05, 0.1) is 7.11 Å². The molecule has 0 bridgehead atoms. The minimum atomic E-state index is 0.687. The molecule has 0 saturated carbocycles. The van der Waals surface area contributed by atoms with Crippen LogP contribution in [0.25, 0.3) is 0 Å². The summed E-state index contributed by atoms with van der Waals surface area (Å²) in [5.74, 6) is 0.757. The van der Waals surface area contributed by atoms with Crippen molar-refractivity contribution in [2.45, 2.75) is 6.54 Å². The second-order valence-electron chi connectivity index (χ2n) is 4.45. The Kier molecular flexibility index (Phi) is 4.17. The van der Waals surface area contributed by atoms with Crippen LogP contribution < -0.4 is 15.4 Å². The summed E-state index contributed by atoms with van der Waals surface area (Å²) < 4.78 is 5.23. The van der Waals surface area contributed by atoms with E-state index in [1.807, 2.05) is 43.4 Å². The lowest BCUT2D eigenvalue weighted by Crippen LogP contribution is -2.16. The molecule has 0 radical (unpaired) electrons. The lowest BCUT2D eigenvalue weighted by Gasteiger charge is -2.20. The molecule has 0 aromatic heterocycles. The first kappa shape index (κ1) is 13.6. The highest BCUT2D eigenvalue weighted by atomic mass is 35.5. The summed E-state index contributed by atoms with van der Waals surface area (Å²) in [6.45, 7) is 0.757. The van der Waals surface area contributed by atoms with Gasteiger partial charge in [0.15, 0.2) is 0 Å². The molecule has 2 N–H and O–H groups in total. The maximum atomic E-state index is 5.99. The molecule has 0 aliphatic rings. The number of halogens is 1. The van der Waals surface area contributed by atoms with E-state index in [-0.39, 0.29) is 0 Å². The normalized spacial score (nSPS) is 10.3. The number of nitrogen functional groups attached to an aromatic ring is 1. The number of nitrogens with zero attached hydrogens (tertiary/aromatic N) is 1. The van der Waals surface area contributed by atoms with Crippen LogP contribution in [-0.4, -0.2) is 14.2 Å². The van der Waals surface area contributed by atoms with Crippen molar-refractivity contribution in [1.82, 2.24) is 0 Å². The van der Waals surface area contributed by atoms with Crippen molar-refractivity contribution < 1.29 is 4.74 Å². The van der Waals surface area contributed by atoms with E-state index < -0.39 is 0 Å². The van der Waals surface area contributed by atoms with Crippen molar-refractivity contribution in [3.8, 4) is 5.75 Å². The fourth-order valence-corrected chi connectivity index (χ4v) is 2.16. The van der Waals surface area contributed by atoms with Gasteiger partial charge in [0.2, 0.25) is 0 Å². The molecular weight excluding hydrogens is 260 g/mol. The Morgan fingerprint density at radius 3 is 2.68 bits per heavy atom. The zero-order chi connectivity index (χ0) is 13.8. The first-order valence-corrected chi connectivity index (χ1v) is 6.36. The van der Waals surface area contributed by atoms with E-state index in [0.29, 0.717) is 5.69 Å². The molecule has 0 unspecified atom stereocenters. The third-order valence-corrected chi connectivity index (χ3v) is 3.13. The van der Waals surface area contributed by atoms with Crippen LogP contribution in [0, 0.1) is 0 Å². The Morgan fingerprint density at radius 2 is 2.00 bits per heavy atom. The summed E-state index contributed by atoms with van der Waals surface area (Å²) in [5, 5.41) is 0.746.